The first kappa shape index (κ1) is 17.1. The zero-order valence-corrected chi connectivity index (χ0v) is 15.5. The van der Waals surface area contributed by atoms with E-state index in [2.05, 4.69) is 61.5 Å². The Labute approximate surface area is 156 Å². The van der Waals surface area contributed by atoms with Gasteiger partial charge in [0.25, 0.3) is 0 Å². The van der Waals surface area contributed by atoms with Crippen molar-refractivity contribution in [3.63, 3.8) is 0 Å². The van der Waals surface area contributed by atoms with Crippen molar-refractivity contribution in [1.82, 2.24) is 9.97 Å². The van der Waals surface area contributed by atoms with Crippen molar-refractivity contribution >= 4 is 17.3 Å². The van der Waals surface area contributed by atoms with Gasteiger partial charge in [-0.25, -0.2) is 9.97 Å². The molecule has 1 aliphatic heterocycles. The number of para-hydroxylation sites is 1. The molecule has 0 bridgehead atoms. The summed E-state index contributed by atoms with van der Waals surface area (Å²) in [5.41, 5.74) is 1.31. The molecule has 1 saturated carbocycles. The predicted molar refractivity (Wildman–Crippen MR) is 108 cm³/mol. The van der Waals surface area contributed by atoms with Gasteiger partial charge in [-0.15, -0.1) is 0 Å². The largest absolute Gasteiger partial charge is 0.368 e. The van der Waals surface area contributed by atoms with Crippen LogP contribution in [0.3, 0.4) is 0 Å². The van der Waals surface area contributed by atoms with Crippen molar-refractivity contribution in [1.29, 1.82) is 0 Å². The molecule has 1 N–H and O–H groups in total. The topological polar surface area (TPSA) is 44.3 Å². The molecule has 1 aromatic carbocycles. The summed E-state index contributed by atoms with van der Waals surface area (Å²) in [4.78, 5) is 13.8. The molecule has 0 amide bonds. The van der Waals surface area contributed by atoms with Gasteiger partial charge in [0.15, 0.2) is 0 Å². The van der Waals surface area contributed by atoms with E-state index in [0.717, 1.165) is 37.8 Å². The standard InChI is InChI=1S/C21H29N5/c1-2-5-9-18(8-4-1)24-20-16-21(23-17-22-20)26-14-12-25(13-15-26)19-10-6-3-7-11-19/h3,6-7,10-11,16-18H,1-2,4-5,8-9,12-15H2,(H,22,23,24). The number of nitrogens with one attached hydrogen (secondary N) is 1. The molecule has 0 radical (unpaired) electrons. The van der Waals surface area contributed by atoms with E-state index in [4.69, 9.17) is 0 Å². The SMILES string of the molecule is c1ccc(N2CCN(c3cc(NC4CCCCCC4)ncn3)CC2)cc1. The molecule has 5 heteroatoms. The summed E-state index contributed by atoms with van der Waals surface area (Å²) in [5, 5.41) is 3.65. The van der Waals surface area contributed by atoms with E-state index in [1.165, 1.54) is 44.2 Å². The van der Waals surface area contributed by atoms with E-state index >= 15 is 0 Å². The van der Waals surface area contributed by atoms with Crippen LogP contribution in [0, 0.1) is 0 Å². The number of benzene rings is 1. The summed E-state index contributed by atoms with van der Waals surface area (Å²) in [7, 11) is 0. The van der Waals surface area contributed by atoms with E-state index in [0.29, 0.717) is 6.04 Å². The molecule has 26 heavy (non-hydrogen) atoms. The van der Waals surface area contributed by atoms with Crippen molar-refractivity contribution in [3.8, 4) is 0 Å². The summed E-state index contributed by atoms with van der Waals surface area (Å²) in [6, 6.07) is 13.4. The first-order valence-corrected chi connectivity index (χ1v) is 10.0. The third-order valence-corrected chi connectivity index (χ3v) is 5.58. The minimum absolute atomic E-state index is 0.565. The maximum absolute atomic E-state index is 4.53. The third-order valence-electron chi connectivity index (χ3n) is 5.58. The molecule has 0 atom stereocenters. The fourth-order valence-corrected chi connectivity index (χ4v) is 4.06. The van der Waals surface area contributed by atoms with Gasteiger partial charge < -0.3 is 15.1 Å². The second-order valence-corrected chi connectivity index (χ2v) is 7.40. The molecule has 0 spiro atoms. The van der Waals surface area contributed by atoms with Crippen LogP contribution in [0.1, 0.15) is 38.5 Å². The maximum Gasteiger partial charge on any atom is 0.134 e. The minimum atomic E-state index is 0.565. The lowest BCUT2D eigenvalue weighted by Gasteiger charge is -2.36. The molecular formula is C21H29N5. The van der Waals surface area contributed by atoms with Crippen LogP contribution < -0.4 is 15.1 Å². The molecule has 0 unspecified atom stereocenters. The van der Waals surface area contributed by atoms with E-state index in [1.807, 2.05) is 0 Å². The Kier molecular flexibility index (Phi) is 5.53. The van der Waals surface area contributed by atoms with Crippen LogP contribution in [0.2, 0.25) is 0 Å². The highest BCUT2D eigenvalue weighted by Gasteiger charge is 2.19. The first-order chi connectivity index (χ1) is 12.9. The monoisotopic (exact) mass is 351 g/mol. The molecule has 2 heterocycles. The second kappa shape index (κ2) is 8.39. The summed E-state index contributed by atoms with van der Waals surface area (Å²) < 4.78 is 0. The van der Waals surface area contributed by atoms with E-state index < -0.39 is 0 Å². The zero-order valence-electron chi connectivity index (χ0n) is 15.5. The van der Waals surface area contributed by atoms with Crippen molar-refractivity contribution in [2.45, 2.75) is 44.6 Å². The van der Waals surface area contributed by atoms with Crippen molar-refractivity contribution < 1.29 is 0 Å². The smallest absolute Gasteiger partial charge is 0.134 e. The van der Waals surface area contributed by atoms with Crippen LogP contribution in [-0.4, -0.2) is 42.2 Å². The minimum Gasteiger partial charge on any atom is -0.368 e. The predicted octanol–water partition coefficient (Wildman–Crippen LogP) is 3.94. The van der Waals surface area contributed by atoms with Crippen molar-refractivity contribution in [3.05, 3.63) is 42.7 Å². The lowest BCUT2D eigenvalue weighted by molar-refractivity contribution is 0.616. The number of aromatic nitrogens is 2. The van der Waals surface area contributed by atoms with Crippen LogP contribution in [0.15, 0.2) is 42.7 Å². The summed E-state index contributed by atoms with van der Waals surface area (Å²) in [6.45, 7) is 4.04. The molecule has 2 aliphatic rings. The zero-order chi connectivity index (χ0) is 17.6. The number of nitrogens with zero attached hydrogens (tertiary/aromatic N) is 4. The highest BCUT2D eigenvalue weighted by Crippen LogP contribution is 2.23. The lowest BCUT2D eigenvalue weighted by Crippen LogP contribution is -2.46. The highest BCUT2D eigenvalue weighted by atomic mass is 15.3. The molecule has 4 rings (SSSR count). The molecule has 1 aliphatic carbocycles. The quantitative estimate of drug-likeness (QED) is 0.845. The normalized spacial score (nSPS) is 19.2. The number of hydrogen-bond acceptors (Lipinski definition) is 5. The summed E-state index contributed by atoms with van der Waals surface area (Å²) >= 11 is 0. The molecule has 138 valence electrons. The van der Waals surface area contributed by atoms with Crippen LogP contribution in [-0.2, 0) is 0 Å². The van der Waals surface area contributed by atoms with Crippen LogP contribution >= 0.6 is 0 Å². The average Bonchev–Trinajstić information content (AvgIpc) is 2.98. The van der Waals surface area contributed by atoms with Gasteiger partial charge in [-0.2, -0.15) is 0 Å². The van der Waals surface area contributed by atoms with E-state index in [-0.39, 0.29) is 0 Å². The Morgan fingerprint density at radius 3 is 2.23 bits per heavy atom. The van der Waals surface area contributed by atoms with Crippen LogP contribution in [0.4, 0.5) is 17.3 Å². The first-order valence-electron chi connectivity index (χ1n) is 10.0. The van der Waals surface area contributed by atoms with Gasteiger partial charge in [-0.05, 0) is 25.0 Å². The lowest BCUT2D eigenvalue weighted by atomic mass is 10.1. The Hall–Kier alpha value is -2.30. The highest BCUT2D eigenvalue weighted by molar-refractivity contribution is 5.52. The van der Waals surface area contributed by atoms with E-state index in [1.54, 1.807) is 6.33 Å². The van der Waals surface area contributed by atoms with Crippen LogP contribution in [0.5, 0.6) is 0 Å². The Morgan fingerprint density at radius 1 is 0.808 bits per heavy atom. The van der Waals surface area contributed by atoms with Crippen molar-refractivity contribution in [2.24, 2.45) is 0 Å². The third kappa shape index (κ3) is 4.26. The second-order valence-electron chi connectivity index (χ2n) is 7.40. The molecule has 1 aromatic heterocycles. The number of hydrogen-bond donors (Lipinski definition) is 1. The molecule has 5 nitrogen and oxygen atoms in total. The summed E-state index contributed by atoms with van der Waals surface area (Å²) in [5.74, 6) is 2.02. The van der Waals surface area contributed by atoms with Crippen molar-refractivity contribution in [2.75, 3.05) is 41.3 Å². The van der Waals surface area contributed by atoms with Gasteiger partial charge >= 0.3 is 0 Å². The molecule has 1 saturated heterocycles. The van der Waals surface area contributed by atoms with Gasteiger partial charge in [-0.1, -0.05) is 43.9 Å². The van der Waals surface area contributed by atoms with Crippen LogP contribution in [0.25, 0.3) is 0 Å². The Bertz CT molecular complexity index is 674. The molecular weight excluding hydrogens is 322 g/mol. The average molecular weight is 351 g/mol. The van der Waals surface area contributed by atoms with Gasteiger partial charge in [0.05, 0.1) is 0 Å². The van der Waals surface area contributed by atoms with E-state index in [9.17, 15) is 0 Å². The van der Waals surface area contributed by atoms with Gasteiger partial charge in [-0.3, -0.25) is 0 Å². The van der Waals surface area contributed by atoms with Gasteiger partial charge in [0.2, 0.25) is 0 Å². The fourth-order valence-electron chi connectivity index (χ4n) is 4.06. The summed E-state index contributed by atoms with van der Waals surface area (Å²) in [6.07, 6.45) is 9.63. The van der Waals surface area contributed by atoms with Gasteiger partial charge in [0.1, 0.15) is 18.0 Å². The number of rotatable bonds is 4. The Morgan fingerprint density at radius 2 is 1.50 bits per heavy atom. The molecule has 2 fully saturated rings. The number of anilines is 3. The van der Waals surface area contributed by atoms with Gasteiger partial charge in [0, 0.05) is 44.0 Å². The number of piperazine rings is 1. The molecule has 2 aromatic rings. The maximum atomic E-state index is 4.53. The fraction of sp³-hybridized carbons (Fsp3) is 0.524. The Balaban J connectivity index is 1.36.